The molecule has 3 heterocycles. The van der Waals surface area contributed by atoms with E-state index in [0.717, 1.165) is 32.4 Å². The zero-order valence-corrected chi connectivity index (χ0v) is 17.1. The summed E-state index contributed by atoms with van der Waals surface area (Å²) >= 11 is 1.51. The van der Waals surface area contributed by atoms with Crippen molar-refractivity contribution in [1.29, 1.82) is 0 Å². The summed E-state index contributed by atoms with van der Waals surface area (Å²) in [6.45, 7) is 2.49. The van der Waals surface area contributed by atoms with E-state index in [-0.39, 0.29) is 12.5 Å². The molecule has 5 aromatic rings. The van der Waals surface area contributed by atoms with Crippen LogP contribution in [-0.4, -0.2) is 30.9 Å². The standard InChI is InChI=1S/C22H18N6OS/c1-15-6-4-10-19-21(15)24-22(30-19)27(13-16-7-5-11-23-12-16)20(29)14-28-18-9-3-2-8-17(18)25-26-28/h2-12H,13-14H2,1H3. The Labute approximate surface area is 176 Å². The second-order valence-corrected chi connectivity index (χ2v) is 8.00. The van der Waals surface area contributed by atoms with Crippen LogP contribution in [0.25, 0.3) is 21.3 Å². The van der Waals surface area contributed by atoms with Gasteiger partial charge in [0.1, 0.15) is 12.1 Å². The summed E-state index contributed by atoms with van der Waals surface area (Å²) < 4.78 is 2.69. The molecule has 30 heavy (non-hydrogen) atoms. The highest BCUT2D eigenvalue weighted by Crippen LogP contribution is 2.31. The Balaban J connectivity index is 1.52. The Morgan fingerprint density at radius 2 is 2.00 bits per heavy atom. The van der Waals surface area contributed by atoms with Gasteiger partial charge in [-0.1, -0.05) is 46.9 Å². The van der Waals surface area contributed by atoms with Crippen molar-refractivity contribution in [1.82, 2.24) is 25.0 Å². The van der Waals surface area contributed by atoms with Gasteiger partial charge in [-0.3, -0.25) is 14.7 Å². The Morgan fingerprint density at radius 1 is 1.10 bits per heavy atom. The number of thiazole rings is 1. The van der Waals surface area contributed by atoms with Gasteiger partial charge in [0.05, 0.1) is 22.3 Å². The molecule has 7 nitrogen and oxygen atoms in total. The third-order valence-corrected chi connectivity index (χ3v) is 5.95. The zero-order valence-electron chi connectivity index (χ0n) is 16.3. The van der Waals surface area contributed by atoms with Crippen molar-refractivity contribution in [3.8, 4) is 0 Å². The Bertz CT molecular complexity index is 1340. The minimum absolute atomic E-state index is 0.0791. The quantitative estimate of drug-likeness (QED) is 0.435. The van der Waals surface area contributed by atoms with Crippen molar-refractivity contribution >= 4 is 43.6 Å². The molecule has 1 amide bonds. The number of carbonyl (C=O) groups is 1. The second-order valence-electron chi connectivity index (χ2n) is 7.00. The van der Waals surface area contributed by atoms with E-state index in [2.05, 4.69) is 15.3 Å². The average molecular weight is 414 g/mol. The van der Waals surface area contributed by atoms with Crippen molar-refractivity contribution in [2.45, 2.75) is 20.0 Å². The van der Waals surface area contributed by atoms with Crippen LogP contribution >= 0.6 is 11.3 Å². The van der Waals surface area contributed by atoms with Crippen molar-refractivity contribution in [3.05, 3.63) is 78.1 Å². The first-order chi connectivity index (χ1) is 14.7. The summed E-state index contributed by atoms with van der Waals surface area (Å²) in [5.74, 6) is -0.105. The van der Waals surface area contributed by atoms with Crippen LogP contribution in [0.1, 0.15) is 11.1 Å². The maximum absolute atomic E-state index is 13.4. The summed E-state index contributed by atoms with van der Waals surface area (Å²) in [7, 11) is 0. The first-order valence-corrected chi connectivity index (χ1v) is 10.3. The summed E-state index contributed by atoms with van der Waals surface area (Å²) in [6, 6.07) is 17.5. The van der Waals surface area contributed by atoms with Crippen LogP contribution in [0.5, 0.6) is 0 Å². The van der Waals surface area contributed by atoms with E-state index in [0.29, 0.717) is 11.7 Å². The minimum Gasteiger partial charge on any atom is -0.282 e. The molecule has 0 spiro atoms. The molecular formula is C22H18N6OS. The number of benzene rings is 2. The number of hydrogen-bond donors (Lipinski definition) is 0. The number of para-hydroxylation sites is 2. The number of fused-ring (bicyclic) bond motifs is 2. The van der Waals surface area contributed by atoms with Gasteiger partial charge in [-0.05, 0) is 42.3 Å². The number of rotatable bonds is 5. The lowest BCUT2D eigenvalue weighted by Gasteiger charge is -2.20. The summed E-state index contributed by atoms with van der Waals surface area (Å²) in [5.41, 5.74) is 4.54. The molecule has 0 N–H and O–H groups in total. The zero-order chi connectivity index (χ0) is 20.5. The van der Waals surface area contributed by atoms with Crippen LogP contribution in [-0.2, 0) is 17.9 Å². The van der Waals surface area contributed by atoms with E-state index >= 15 is 0 Å². The summed E-state index contributed by atoms with van der Waals surface area (Å²) in [4.78, 5) is 24.1. The van der Waals surface area contributed by atoms with Crippen LogP contribution in [0, 0.1) is 6.92 Å². The largest absolute Gasteiger partial charge is 0.282 e. The van der Waals surface area contributed by atoms with Crippen molar-refractivity contribution in [2.75, 3.05) is 4.90 Å². The normalized spacial score (nSPS) is 11.2. The molecule has 8 heteroatoms. The molecule has 0 saturated carbocycles. The van der Waals surface area contributed by atoms with Crippen molar-refractivity contribution < 1.29 is 4.79 Å². The lowest BCUT2D eigenvalue weighted by Crippen LogP contribution is -2.33. The smallest absolute Gasteiger partial charge is 0.250 e. The lowest BCUT2D eigenvalue weighted by atomic mass is 10.2. The summed E-state index contributed by atoms with van der Waals surface area (Å²) in [5, 5.41) is 8.98. The van der Waals surface area contributed by atoms with Gasteiger partial charge in [-0.25, -0.2) is 9.67 Å². The molecule has 0 bridgehead atoms. The van der Waals surface area contributed by atoms with Gasteiger partial charge < -0.3 is 0 Å². The molecule has 0 atom stereocenters. The van der Waals surface area contributed by atoms with E-state index in [1.807, 2.05) is 61.5 Å². The molecule has 0 fully saturated rings. The molecule has 0 radical (unpaired) electrons. The molecule has 0 unspecified atom stereocenters. The highest BCUT2D eigenvalue weighted by molar-refractivity contribution is 7.22. The maximum atomic E-state index is 13.4. The highest BCUT2D eigenvalue weighted by atomic mass is 32.1. The Morgan fingerprint density at radius 3 is 2.83 bits per heavy atom. The SMILES string of the molecule is Cc1cccc2sc(N(Cc3cccnc3)C(=O)Cn3nnc4ccccc43)nc12. The molecule has 0 aliphatic rings. The monoisotopic (exact) mass is 414 g/mol. The molecular weight excluding hydrogens is 396 g/mol. The lowest BCUT2D eigenvalue weighted by molar-refractivity contribution is -0.119. The number of carbonyl (C=O) groups excluding carboxylic acids is 1. The topological polar surface area (TPSA) is 76.8 Å². The van der Waals surface area contributed by atoms with E-state index in [9.17, 15) is 4.79 Å². The minimum atomic E-state index is -0.105. The molecule has 2 aromatic carbocycles. The third-order valence-electron chi connectivity index (χ3n) is 4.91. The number of hydrogen-bond acceptors (Lipinski definition) is 6. The Hall–Kier alpha value is -3.65. The first-order valence-electron chi connectivity index (χ1n) is 9.53. The van der Waals surface area contributed by atoms with Crippen LogP contribution < -0.4 is 4.90 Å². The van der Waals surface area contributed by atoms with Gasteiger partial charge in [0, 0.05) is 12.4 Å². The van der Waals surface area contributed by atoms with Crippen LogP contribution in [0.15, 0.2) is 67.0 Å². The number of aryl methyl sites for hydroxylation is 1. The van der Waals surface area contributed by atoms with Gasteiger partial charge in [-0.15, -0.1) is 5.10 Å². The molecule has 0 saturated heterocycles. The van der Waals surface area contributed by atoms with Gasteiger partial charge in [0.25, 0.3) is 5.91 Å². The van der Waals surface area contributed by atoms with Gasteiger partial charge in [0.15, 0.2) is 5.13 Å². The fraction of sp³-hybridized carbons (Fsp3) is 0.136. The number of anilines is 1. The van der Waals surface area contributed by atoms with Crippen LogP contribution in [0.3, 0.4) is 0 Å². The van der Waals surface area contributed by atoms with Crippen molar-refractivity contribution in [2.24, 2.45) is 0 Å². The fourth-order valence-electron chi connectivity index (χ4n) is 3.37. The van der Waals surface area contributed by atoms with E-state index in [1.54, 1.807) is 22.0 Å². The predicted molar refractivity (Wildman–Crippen MR) is 117 cm³/mol. The third kappa shape index (κ3) is 3.42. The number of aromatic nitrogens is 5. The average Bonchev–Trinajstić information content (AvgIpc) is 3.38. The molecule has 0 aliphatic heterocycles. The maximum Gasteiger partial charge on any atom is 0.250 e. The van der Waals surface area contributed by atoms with Crippen LogP contribution in [0.4, 0.5) is 5.13 Å². The number of amides is 1. The molecule has 0 aliphatic carbocycles. The van der Waals surface area contributed by atoms with E-state index in [1.165, 1.54) is 11.3 Å². The first kappa shape index (κ1) is 18.4. The highest BCUT2D eigenvalue weighted by Gasteiger charge is 2.22. The van der Waals surface area contributed by atoms with Crippen molar-refractivity contribution in [3.63, 3.8) is 0 Å². The van der Waals surface area contributed by atoms with E-state index in [4.69, 9.17) is 4.98 Å². The van der Waals surface area contributed by atoms with Gasteiger partial charge in [-0.2, -0.15) is 0 Å². The van der Waals surface area contributed by atoms with Gasteiger partial charge in [0.2, 0.25) is 0 Å². The second kappa shape index (κ2) is 7.64. The summed E-state index contributed by atoms with van der Waals surface area (Å²) in [6.07, 6.45) is 3.49. The van der Waals surface area contributed by atoms with Crippen LogP contribution in [0.2, 0.25) is 0 Å². The van der Waals surface area contributed by atoms with E-state index < -0.39 is 0 Å². The number of pyridine rings is 1. The number of nitrogens with zero attached hydrogens (tertiary/aromatic N) is 6. The fourth-order valence-corrected chi connectivity index (χ4v) is 4.43. The predicted octanol–water partition coefficient (Wildman–Crippen LogP) is 3.98. The molecule has 3 aromatic heterocycles. The molecule has 5 rings (SSSR count). The Kier molecular flexibility index (Phi) is 4.68. The van der Waals surface area contributed by atoms with Gasteiger partial charge >= 0.3 is 0 Å². The molecule has 148 valence electrons.